The molecule has 0 bridgehead atoms. The van der Waals surface area contributed by atoms with Gasteiger partial charge in [0.1, 0.15) is 0 Å². The minimum atomic E-state index is -1.76. The number of hydrogen-bond acceptors (Lipinski definition) is 0. The molecule has 0 saturated heterocycles. The predicted molar refractivity (Wildman–Crippen MR) is 313 cm³/mol. The largest absolute Gasteiger partial charge is 0.0654 e. The normalized spacial score (nSPS) is 12.8. The van der Waals surface area contributed by atoms with E-state index in [9.17, 15) is 0 Å². The third-order valence-corrected chi connectivity index (χ3v) is 85.0. The quantitative estimate of drug-likeness (QED) is 0.0421. The second-order valence-electron chi connectivity index (χ2n) is 22.8. The molecular formula is C60H130Si4. The van der Waals surface area contributed by atoms with Crippen LogP contribution in [0.3, 0.4) is 0 Å². The molecule has 0 heterocycles. The minimum Gasteiger partial charge on any atom is -0.0654 e. The zero-order chi connectivity index (χ0) is 47.4. The van der Waals surface area contributed by atoms with Crippen LogP contribution >= 0.6 is 0 Å². The Bertz CT molecular complexity index is 772. The highest BCUT2D eigenvalue weighted by Gasteiger charge is 2.69. The van der Waals surface area contributed by atoms with Gasteiger partial charge in [0.05, 0.1) is 0 Å². The van der Waals surface area contributed by atoms with E-state index in [2.05, 4.69) is 69.2 Å². The maximum atomic E-state index is 2.52. The first-order valence-corrected chi connectivity index (χ1v) is 44.4. The number of hydrogen-bond donors (Lipinski definition) is 0. The molecule has 64 heavy (non-hydrogen) atoms. The summed E-state index contributed by atoms with van der Waals surface area (Å²) in [6.45, 7) is 25.1. The summed E-state index contributed by atoms with van der Waals surface area (Å²) in [7, 11) is -6.83. The highest BCUT2D eigenvalue weighted by molar-refractivity contribution is 7.84. The van der Waals surface area contributed by atoms with Crippen LogP contribution in [0, 0.1) is 0 Å². The van der Waals surface area contributed by atoms with Crippen molar-refractivity contribution in [3.63, 3.8) is 0 Å². The molecule has 0 radical (unpaired) electrons. The van der Waals surface area contributed by atoms with Crippen LogP contribution < -0.4 is 0 Å². The van der Waals surface area contributed by atoms with Gasteiger partial charge in [-0.25, -0.2) is 0 Å². The highest BCUT2D eigenvalue weighted by Crippen LogP contribution is 2.57. The summed E-state index contributed by atoms with van der Waals surface area (Å²) in [5, 5.41) is 0. The van der Waals surface area contributed by atoms with Crippen molar-refractivity contribution in [1.82, 2.24) is 0 Å². The summed E-state index contributed by atoms with van der Waals surface area (Å²) in [6.07, 6.45) is 61.2. The van der Waals surface area contributed by atoms with Gasteiger partial charge in [-0.3, -0.25) is 0 Å². The summed E-state index contributed by atoms with van der Waals surface area (Å²) in [4.78, 5) is 0. The van der Waals surface area contributed by atoms with Gasteiger partial charge in [0.15, 0.2) is 0 Å². The van der Waals surface area contributed by atoms with Crippen LogP contribution in [0.5, 0.6) is 0 Å². The number of rotatable bonds is 53. The lowest BCUT2D eigenvalue weighted by molar-refractivity contribution is 0.660. The zero-order valence-corrected chi connectivity index (χ0v) is 51.4. The molecule has 0 aliphatic carbocycles. The third kappa shape index (κ3) is 25.1. The van der Waals surface area contributed by atoms with E-state index in [1.807, 2.05) is 60.4 Å². The Hall–Kier alpha value is 0.868. The van der Waals surface area contributed by atoms with Gasteiger partial charge in [-0.05, 0) is 0 Å². The molecule has 0 aromatic carbocycles. The van der Waals surface area contributed by atoms with Crippen molar-refractivity contribution >= 4 is 29.4 Å². The van der Waals surface area contributed by atoms with Crippen molar-refractivity contribution < 1.29 is 0 Å². The molecule has 0 rings (SSSR count). The lowest BCUT2D eigenvalue weighted by Crippen LogP contribution is -2.86. The Morgan fingerprint density at radius 1 is 0.141 bits per heavy atom. The van der Waals surface area contributed by atoms with Gasteiger partial charge < -0.3 is 0 Å². The standard InChI is InChI=1S/C60H130Si4/c1-11-21-31-41-51-61(52-42-32-22-12-2,53-43-33-23-13-3)63(57-47-37-27-17-7,58-48-38-28-18-8)64(59-49-39-29-19-9,60-50-40-30-20-10)62(54-44-34-24-14-4,55-45-35-25-15-5)56-46-36-26-16-6/h11-60H2,1-10H3. The van der Waals surface area contributed by atoms with Crippen molar-refractivity contribution in [3.8, 4) is 0 Å². The smallest absolute Gasteiger partial charge is 0.0450 e. The zero-order valence-electron chi connectivity index (χ0n) is 47.4. The fourth-order valence-corrected chi connectivity index (χ4v) is 112. The highest BCUT2D eigenvalue weighted by atomic mass is 29.8. The van der Waals surface area contributed by atoms with Crippen molar-refractivity contribution in [2.24, 2.45) is 0 Å². The van der Waals surface area contributed by atoms with Gasteiger partial charge in [-0.2, -0.15) is 0 Å². The van der Waals surface area contributed by atoms with Crippen molar-refractivity contribution in [1.29, 1.82) is 0 Å². The second-order valence-corrected chi connectivity index (χ2v) is 58.1. The van der Waals surface area contributed by atoms with E-state index >= 15 is 0 Å². The van der Waals surface area contributed by atoms with E-state index in [4.69, 9.17) is 0 Å². The van der Waals surface area contributed by atoms with Gasteiger partial charge in [0.2, 0.25) is 0 Å². The lowest BCUT2D eigenvalue weighted by Gasteiger charge is -2.66. The van der Waals surface area contributed by atoms with Crippen LogP contribution in [-0.4, -0.2) is 29.4 Å². The average Bonchev–Trinajstić information content (AvgIpc) is 3.31. The van der Waals surface area contributed by atoms with Crippen molar-refractivity contribution in [2.75, 3.05) is 0 Å². The van der Waals surface area contributed by atoms with E-state index in [1.54, 1.807) is 128 Å². The molecule has 0 amide bonds. The molecule has 0 saturated carbocycles. The van der Waals surface area contributed by atoms with Crippen LogP contribution in [0.4, 0.5) is 0 Å². The average molecular weight is 964 g/mol. The Morgan fingerprint density at radius 2 is 0.266 bits per heavy atom. The van der Waals surface area contributed by atoms with Gasteiger partial charge in [-0.1, -0.05) is 387 Å². The first kappa shape index (κ1) is 64.9. The van der Waals surface area contributed by atoms with E-state index < -0.39 is 29.4 Å². The molecule has 0 spiro atoms. The molecule has 386 valence electrons. The Balaban J connectivity index is 9.28. The van der Waals surface area contributed by atoms with Gasteiger partial charge >= 0.3 is 0 Å². The van der Waals surface area contributed by atoms with Crippen molar-refractivity contribution in [3.05, 3.63) is 0 Å². The fraction of sp³-hybridized carbons (Fsp3) is 1.00. The molecule has 0 fully saturated rings. The first-order chi connectivity index (χ1) is 31.4. The molecule has 0 aromatic heterocycles. The summed E-state index contributed by atoms with van der Waals surface area (Å²) < 4.78 is 0. The Morgan fingerprint density at radius 3 is 0.391 bits per heavy atom. The SMILES string of the molecule is CCCCCC[Si](CCCCCC)(CCCCCC)[Si](CCCCCC)(CCCCCC)[Si](CCCCCC)(CCCCCC)[Si](CCCCCC)(CCCCCC)CCCCCC. The predicted octanol–water partition coefficient (Wildman–Crippen LogP) is 23.8. The number of unbranched alkanes of at least 4 members (excludes halogenated alkanes) is 30. The molecule has 0 aliphatic heterocycles. The summed E-state index contributed by atoms with van der Waals surface area (Å²) in [5.74, 6) is 0. The van der Waals surface area contributed by atoms with Crippen LogP contribution in [-0.2, 0) is 0 Å². The van der Waals surface area contributed by atoms with E-state index in [1.165, 1.54) is 128 Å². The Kier molecular flexibility index (Phi) is 45.6. The van der Waals surface area contributed by atoms with Crippen LogP contribution in [0.15, 0.2) is 0 Å². The van der Waals surface area contributed by atoms with Crippen LogP contribution in [0.1, 0.15) is 326 Å². The third-order valence-electron chi connectivity index (χ3n) is 17.8. The first-order valence-electron chi connectivity index (χ1n) is 31.4. The van der Waals surface area contributed by atoms with Crippen molar-refractivity contribution in [2.45, 2.75) is 387 Å². The molecule has 0 nitrogen and oxygen atoms in total. The maximum Gasteiger partial charge on any atom is 0.0450 e. The molecule has 0 aliphatic rings. The van der Waals surface area contributed by atoms with Crippen LogP contribution in [0.2, 0.25) is 60.4 Å². The fourth-order valence-electron chi connectivity index (χ4n) is 14.2. The minimum absolute atomic E-state index is 1.41. The molecular weight excluding hydrogens is 833 g/mol. The molecule has 0 atom stereocenters. The topological polar surface area (TPSA) is 0 Å². The lowest BCUT2D eigenvalue weighted by atomic mass is 10.2. The monoisotopic (exact) mass is 963 g/mol. The van der Waals surface area contributed by atoms with E-state index in [0.717, 1.165) is 0 Å². The molecule has 0 aromatic rings. The maximum absolute atomic E-state index is 2.52. The molecule has 0 unspecified atom stereocenters. The summed E-state index contributed by atoms with van der Waals surface area (Å²) >= 11 is 0. The summed E-state index contributed by atoms with van der Waals surface area (Å²) in [5.41, 5.74) is 0. The molecule has 4 heteroatoms. The summed E-state index contributed by atoms with van der Waals surface area (Å²) in [6, 6.07) is 18.3. The van der Waals surface area contributed by atoms with E-state index in [0.29, 0.717) is 0 Å². The van der Waals surface area contributed by atoms with Gasteiger partial charge in [-0.15, -0.1) is 0 Å². The van der Waals surface area contributed by atoms with Gasteiger partial charge in [0.25, 0.3) is 0 Å². The van der Waals surface area contributed by atoms with E-state index in [-0.39, 0.29) is 0 Å². The molecule has 0 N–H and O–H groups in total. The Labute approximate surface area is 413 Å². The van der Waals surface area contributed by atoms with Crippen LogP contribution in [0.25, 0.3) is 0 Å². The van der Waals surface area contributed by atoms with Gasteiger partial charge in [0, 0.05) is 29.4 Å². The second kappa shape index (κ2) is 45.0.